The zero-order chi connectivity index (χ0) is 11.8. The van der Waals surface area contributed by atoms with Gasteiger partial charge in [-0.05, 0) is 35.2 Å². The number of rotatable bonds is 2. The minimum atomic E-state index is 0.122. The number of hydrogen-bond donors (Lipinski definition) is 1. The van der Waals surface area contributed by atoms with E-state index in [1.807, 2.05) is 11.6 Å². The molecule has 0 aliphatic heterocycles. The number of aryl methyl sites for hydroxylation is 1. The van der Waals surface area contributed by atoms with E-state index >= 15 is 0 Å². The first-order valence-corrected chi connectivity index (χ1v) is 5.99. The van der Waals surface area contributed by atoms with Crippen LogP contribution in [0.1, 0.15) is 38.2 Å². The van der Waals surface area contributed by atoms with Crippen LogP contribution in [-0.4, -0.2) is 16.3 Å². The van der Waals surface area contributed by atoms with Crippen molar-refractivity contribution in [3.63, 3.8) is 0 Å². The molecule has 0 radical (unpaired) electrons. The maximum Gasteiger partial charge on any atom is 0.0738 e. The summed E-state index contributed by atoms with van der Waals surface area (Å²) < 4.78 is 3.13. The molecule has 3 nitrogen and oxygen atoms in total. The molecule has 1 unspecified atom stereocenters. The van der Waals surface area contributed by atoms with Crippen molar-refractivity contribution in [2.24, 2.45) is 11.1 Å². The fourth-order valence-electron chi connectivity index (χ4n) is 1.77. The number of nitrogens with two attached hydrogens (primary N) is 1. The van der Waals surface area contributed by atoms with E-state index in [1.54, 1.807) is 0 Å². The molecule has 0 amide bonds. The average molecular weight is 274 g/mol. The van der Waals surface area contributed by atoms with Crippen LogP contribution in [0.2, 0.25) is 0 Å². The lowest BCUT2D eigenvalue weighted by Gasteiger charge is -2.30. The maximum atomic E-state index is 5.84. The topological polar surface area (TPSA) is 43.8 Å². The van der Waals surface area contributed by atoms with Crippen molar-refractivity contribution in [1.82, 2.24) is 9.78 Å². The third-order valence-electron chi connectivity index (χ3n) is 2.75. The second kappa shape index (κ2) is 4.26. The smallest absolute Gasteiger partial charge is 0.0738 e. The Balaban J connectivity index is 3.19. The van der Waals surface area contributed by atoms with E-state index in [-0.39, 0.29) is 11.5 Å². The SMILES string of the molecule is Cc1nn(C(CN)C(C)(C)C)c(C)c1Br. The summed E-state index contributed by atoms with van der Waals surface area (Å²) in [5.74, 6) is 0. The van der Waals surface area contributed by atoms with Crippen LogP contribution < -0.4 is 5.73 Å². The van der Waals surface area contributed by atoms with Gasteiger partial charge in [0.1, 0.15) is 0 Å². The summed E-state index contributed by atoms with van der Waals surface area (Å²) >= 11 is 3.54. The summed E-state index contributed by atoms with van der Waals surface area (Å²) in [5.41, 5.74) is 8.14. The van der Waals surface area contributed by atoms with E-state index in [9.17, 15) is 0 Å². The van der Waals surface area contributed by atoms with Crippen LogP contribution in [0.15, 0.2) is 4.47 Å². The fourth-order valence-corrected chi connectivity index (χ4v) is 2.03. The van der Waals surface area contributed by atoms with Gasteiger partial charge in [-0.15, -0.1) is 0 Å². The van der Waals surface area contributed by atoms with E-state index in [0.29, 0.717) is 6.54 Å². The highest BCUT2D eigenvalue weighted by Gasteiger charge is 2.27. The van der Waals surface area contributed by atoms with Crippen molar-refractivity contribution in [2.75, 3.05) is 6.54 Å². The Labute approximate surface area is 100 Å². The largest absolute Gasteiger partial charge is 0.328 e. The summed E-state index contributed by atoms with van der Waals surface area (Å²) in [7, 11) is 0. The van der Waals surface area contributed by atoms with E-state index in [1.165, 1.54) is 0 Å². The quantitative estimate of drug-likeness (QED) is 0.901. The van der Waals surface area contributed by atoms with Crippen LogP contribution in [0.5, 0.6) is 0 Å². The summed E-state index contributed by atoms with van der Waals surface area (Å²) in [6.07, 6.45) is 0. The first-order valence-electron chi connectivity index (χ1n) is 5.20. The minimum absolute atomic E-state index is 0.122. The predicted molar refractivity (Wildman–Crippen MR) is 66.9 cm³/mol. The number of hydrogen-bond acceptors (Lipinski definition) is 2. The fraction of sp³-hybridized carbons (Fsp3) is 0.727. The van der Waals surface area contributed by atoms with Gasteiger partial charge in [0.2, 0.25) is 0 Å². The van der Waals surface area contributed by atoms with E-state index in [0.717, 1.165) is 15.9 Å². The molecule has 2 N–H and O–H groups in total. The molecule has 1 aromatic rings. The van der Waals surface area contributed by atoms with Gasteiger partial charge in [0.05, 0.1) is 21.9 Å². The molecular weight excluding hydrogens is 254 g/mol. The van der Waals surface area contributed by atoms with Crippen LogP contribution in [0, 0.1) is 19.3 Å². The zero-order valence-electron chi connectivity index (χ0n) is 10.1. The van der Waals surface area contributed by atoms with Gasteiger partial charge in [-0.2, -0.15) is 5.10 Å². The van der Waals surface area contributed by atoms with Crippen molar-refractivity contribution >= 4 is 15.9 Å². The van der Waals surface area contributed by atoms with Crippen LogP contribution in [0.25, 0.3) is 0 Å². The standard InChI is InChI=1S/C11H20BrN3/c1-7-10(12)8(2)15(14-7)9(6-13)11(3,4)5/h9H,6,13H2,1-5H3. The molecule has 0 aliphatic rings. The van der Waals surface area contributed by atoms with Crippen LogP contribution in [0.3, 0.4) is 0 Å². The molecule has 4 heteroatoms. The highest BCUT2D eigenvalue weighted by atomic mass is 79.9. The van der Waals surface area contributed by atoms with E-state index < -0.39 is 0 Å². The van der Waals surface area contributed by atoms with Gasteiger partial charge in [0.15, 0.2) is 0 Å². The number of nitrogens with zero attached hydrogens (tertiary/aromatic N) is 2. The van der Waals surface area contributed by atoms with Crippen molar-refractivity contribution < 1.29 is 0 Å². The first-order chi connectivity index (χ1) is 6.79. The monoisotopic (exact) mass is 273 g/mol. The van der Waals surface area contributed by atoms with E-state index in [2.05, 4.69) is 48.7 Å². The molecular formula is C11H20BrN3. The lowest BCUT2D eigenvalue weighted by atomic mass is 9.87. The summed E-state index contributed by atoms with van der Waals surface area (Å²) in [6.45, 7) is 11.2. The molecule has 1 atom stereocenters. The Bertz CT molecular complexity index is 349. The molecule has 1 rings (SSSR count). The molecule has 0 spiro atoms. The molecule has 15 heavy (non-hydrogen) atoms. The third-order valence-corrected chi connectivity index (χ3v) is 3.90. The molecule has 0 fully saturated rings. The molecule has 0 aliphatic carbocycles. The maximum absolute atomic E-state index is 5.84. The molecule has 1 heterocycles. The molecule has 0 aromatic carbocycles. The van der Waals surface area contributed by atoms with Crippen molar-refractivity contribution in [3.05, 3.63) is 15.9 Å². The second-order valence-corrected chi connectivity index (χ2v) is 5.84. The normalized spacial score (nSPS) is 14.3. The van der Waals surface area contributed by atoms with Crippen LogP contribution in [0.4, 0.5) is 0 Å². The van der Waals surface area contributed by atoms with Gasteiger partial charge in [0.25, 0.3) is 0 Å². The Kier molecular flexibility index (Phi) is 3.61. The summed E-state index contributed by atoms with van der Waals surface area (Å²) in [4.78, 5) is 0. The van der Waals surface area contributed by atoms with Gasteiger partial charge < -0.3 is 5.73 Å². The molecule has 86 valence electrons. The molecule has 0 saturated heterocycles. The van der Waals surface area contributed by atoms with Crippen molar-refractivity contribution in [3.8, 4) is 0 Å². The molecule has 1 aromatic heterocycles. The van der Waals surface area contributed by atoms with Crippen molar-refractivity contribution in [2.45, 2.75) is 40.7 Å². The van der Waals surface area contributed by atoms with Crippen molar-refractivity contribution in [1.29, 1.82) is 0 Å². The minimum Gasteiger partial charge on any atom is -0.328 e. The molecule has 0 bridgehead atoms. The van der Waals surface area contributed by atoms with Gasteiger partial charge in [-0.25, -0.2) is 0 Å². The third kappa shape index (κ3) is 2.42. The van der Waals surface area contributed by atoms with Gasteiger partial charge in [0, 0.05) is 6.54 Å². The highest BCUT2D eigenvalue weighted by Crippen LogP contribution is 2.32. The van der Waals surface area contributed by atoms with E-state index in [4.69, 9.17) is 5.73 Å². The number of aromatic nitrogens is 2. The summed E-state index contributed by atoms with van der Waals surface area (Å²) in [5, 5.41) is 4.54. The van der Waals surface area contributed by atoms with Gasteiger partial charge in [-0.1, -0.05) is 20.8 Å². The Morgan fingerprint density at radius 3 is 2.20 bits per heavy atom. The lowest BCUT2D eigenvalue weighted by molar-refractivity contribution is 0.228. The Morgan fingerprint density at radius 2 is 1.93 bits per heavy atom. The zero-order valence-corrected chi connectivity index (χ0v) is 11.7. The first kappa shape index (κ1) is 12.7. The second-order valence-electron chi connectivity index (χ2n) is 5.05. The lowest BCUT2D eigenvalue weighted by Crippen LogP contribution is -2.32. The average Bonchev–Trinajstić information content (AvgIpc) is 2.33. The number of halogens is 1. The van der Waals surface area contributed by atoms with Gasteiger partial charge in [-0.3, -0.25) is 4.68 Å². The van der Waals surface area contributed by atoms with Gasteiger partial charge >= 0.3 is 0 Å². The highest BCUT2D eigenvalue weighted by molar-refractivity contribution is 9.10. The predicted octanol–water partition coefficient (Wildman–Crippen LogP) is 2.81. The van der Waals surface area contributed by atoms with Crippen LogP contribution in [-0.2, 0) is 0 Å². The Morgan fingerprint density at radius 1 is 1.40 bits per heavy atom. The summed E-state index contributed by atoms with van der Waals surface area (Å²) in [6, 6.07) is 0.238. The molecule has 0 saturated carbocycles. The van der Waals surface area contributed by atoms with Crippen LogP contribution >= 0.6 is 15.9 Å². The Hall–Kier alpha value is -0.350.